The molecule has 13 heavy (non-hydrogen) atoms. The average molecular weight is 183 g/mol. The molecule has 0 saturated carbocycles. The molecule has 1 aromatic heterocycles. The Balaban J connectivity index is 2.06. The lowest BCUT2D eigenvalue weighted by Crippen LogP contribution is -2.40. The van der Waals surface area contributed by atoms with E-state index >= 15 is 0 Å². The van der Waals surface area contributed by atoms with Crippen molar-refractivity contribution in [1.82, 2.24) is 15.2 Å². The fraction of sp³-hybridized carbons (Fsp3) is 0.714. The van der Waals surface area contributed by atoms with Crippen molar-refractivity contribution >= 4 is 5.95 Å². The molecule has 0 bridgehead atoms. The summed E-state index contributed by atoms with van der Waals surface area (Å²) in [7, 11) is 0. The topological polar surface area (TPSA) is 90.8 Å². The van der Waals surface area contributed by atoms with E-state index in [1.165, 1.54) is 0 Å². The Hall–Kier alpha value is -1.30. The van der Waals surface area contributed by atoms with Crippen LogP contribution in [0.1, 0.15) is 12.8 Å². The van der Waals surface area contributed by atoms with Gasteiger partial charge in [0.25, 0.3) is 0 Å². The third kappa shape index (κ3) is 1.72. The van der Waals surface area contributed by atoms with Crippen molar-refractivity contribution in [3.8, 4) is 0 Å². The Morgan fingerprint density at radius 2 is 2.15 bits per heavy atom. The molecule has 2 heterocycles. The number of aromatic amines is 2. The fourth-order valence-electron chi connectivity index (χ4n) is 1.52. The second-order valence-electron chi connectivity index (χ2n) is 3.33. The van der Waals surface area contributed by atoms with Gasteiger partial charge in [0.1, 0.15) is 0 Å². The molecule has 0 aromatic carbocycles. The monoisotopic (exact) mass is 183 g/mol. The highest BCUT2D eigenvalue weighted by atomic mass is 16.1. The molecule has 0 aliphatic carbocycles. The smallest absolute Gasteiger partial charge is 0.341 e. The van der Waals surface area contributed by atoms with E-state index in [9.17, 15) is 4.79 Å². The molecule has 6 nitrogen and oxygen atoms in total. The Morgan fingerprint density at radius 3 is 2.69 bits per heavy atom. The molecule has 1 aliphatic rings. The van der Waals surface area contributed by atoms with Crippen molar-refractivity contribution in [1.29, 1.82) is 0 Å². The fourth-order valence-corrected chi connectivity index (χ4v) is 1.52. The summed E-state index contributed by atoms with van der Waals surface area (Å²) in [5.41, 5.74) is 5.49. The zero-order valence-corrected chi connectivity index (χ0v) is 7.29. The highest BCUT2D eigenvalue weighted by Gasteiger charge is 2.18. The second-order valence-corrected chi connectivity index (χ2v) is 3.33. The summed E-state index contributed by atoms with van der Waals surface area (Å²) >= 11 is 0. The van der Waals surface area contributed by atoms with Gasteiger partial charge in [-0.1, -0.05) is 0 Å². The quantitative estimate of drug-likeness (QED) is 0.522. The lowest BCUT2D eigenvalue weighted by molar-refractivity contribution is 0.496. The van der Waals surface area contributed by atoms with Crippen LogP contribution in [0.15, 0.2) is 4.79 Å². The van der Waals surface area contributed by atoms with Gasteiger partial charge in [0, 0.05) is 19.1 Å². The largest absolute Gasteiger partial charge is 0.342 e. The van der Waals surface area contributed by atoms with Gasteiger partial charge in [-0.2, -0.15) is 0 Å². The van der Waals surface area contributed by atoms with E-state index in [0.717, 1.165) is 25.9 Å². The van der Waals surface area contributed by atoms with Crippen molar-refractivity contribution in [2.24, 2.45) is 5.73 Å². The van der Waals surface area contributed by atoms with Crippen LogP contribution in [0.25, 0.3) is 0 Å². The minimum absolute atomic E-state index is 0.259. The molecule has 72 valence electrons. The first kappa shape index (κ1) is 8.31. The molecule has 0 amide bonds. The third-order valence-electron chi connectivity index (χ3n) is 2.33. The van der Waals surface area contributed by atoms with Crippen LogP contribution in [0, 0.1) is 0 Å². The van der Waals surface area contributed by atoms with Gasteiger partial charge >= 0.3 is 5.69 Å². The number of H-pyrrole nitrogens is 2. The molecular weight excluding hydrogens is 170 g/mol. The van der Waals surface area contributed by atoms with Crippen LogP contribution >= 0.6 is 0 Å². The first-order chi connectivity index (χ1) is 6.25. The van der Waals surface area contributed by atoms with E-state index in [-0.39, 0.29) is 5.69 Å². The van der Waals surface area contributed by atoms with E-state index in [1.807, 2.05) is 4.90 Å². The molecule has 0 unspecified atom stereocenters. The molecule has 6 heteroatoms. The van der Waals surface area contributed by atoms with Crippen LogP contribution in [0.5, 0.6) is 0 Å². The molecular formula is C7H13N5O. The Morgan fingerprint density at radius 1 is 1.46 bits per heavy atom. The molecule has 2 rings (SSSR count). The molecule has 0 spiro atoms. The van der Waals surface area contributed by atoms with Crippen LogP contribution in [0.2, 0.25) is 0 Å². The van der Waals surface area contributed by atoms with Crippen LogP contribution in [0.4, 0.5) is 5.95 Å². The van der Waals surface area contributed by atoms with Crippen molar-refractivity contribution in [2.45, 2.75) is 18.9 Å². The van der Waals surface area contributed by atoms with Gasteiger partial charge < -0.3 is 10.6 Å². The predicted octanol–water partition coefficient (Wildman–Crippen LogP) is -0.975. The van der Waals surface area contributed by atoms with Gasteiger partial charge in [0.15, 0.2) is 0 Å². The van der Waals surface area contributed by atoms with Gasteiger partial charge in [0.2, 0.25) is 5.95 Å². The van der Waals surface area contributed by atoms with Gasteiger partial charge in [-0.05, 0) is 12.8 Å². The molecule has 1 fully saturated rings. The number of aromatic nitrogens is 3. The highest BCUT2D eigenvalue weighted by molar-refractivity contribution is 5.27. The summed E-state index contributed by atoms with van der Waals surface area (Å²) in [5.74, 6) is 0.622. The summed E-state index contributed by atoms with van der Waals surface area (Å²) in [5, 5.41) is 6.20. The SMILES string of the molecule is NC1CCN(c2n[nH]c(=O)[nH]2)CC1. The lowest BCUT2D eigenvalue weighted by atomic mass is 10.1. The third-order valence-corrected chi connectivity index (χ3v) is 2.33. The lowest BCUT2D eigenvalue weighted by Gasteiger charge is -2.29. The number of anilines is 1. The maximum atomic E-state index is 10.8. The number of nitrogens with zero attached hydrogens (tertiary/aromatic N) is 2. The van der Waals surface area contributed by atoms with Crippen molar-refractivity contribution < 1.29 is 0 Å². The number of piperidine rings is 1. The molecule has 1 aromatic rings. The molecule has 1 aliphatic heterocycles. The Kier molecular flexibility index (Phi) is 2.05. The van der Waals surface area contributed by atoms with Crippen molar-refractivity contribution in [3.63, 3.8) is 0 Å². The molecule has 1 saturated heterocycles. The van der Waals surface area contributed by atoms with Crippen LogP contribution in [0.3, 0.4) is 0 Å². The zero-order valence-electron chi connectivity index (χ0n) is 7.29. The minimum Gasteiger partial charge on any atom is -0.341 e. The van der Waals surface area contributed by atoms with Crippen LogP contribution in [-0.4, -0.2) is 34.3 Å². The Labute approximate surface area is 75.1 Å². The summed E-state index contributed by atoms with van der Waals surface area (Å²) < 4.78 is 0. The standard InChI is InChI=1S/C7H13N5O/c8-5-1-3-12(4-2-5)6-9-7(13)11-10-6/h5H,1-4,8H2,(H2,9,10,11,13). The number of nitrogens with two attached hydrogens (primary N) is 1. The first-order valence-corrected chi connectivity index (χ1v) is 4.41. The molecule has 0 atom stereocenters. The van der Waals surface area contributed by atoms with Crippen LogP contribution < -0.4 is 16.3 Å². The molecule has 4 N–H and O–H groups in total. The number of hydrogen-bond acceptors (Lipinski definition) is 4. The van der Waals surface area contributed by atoms with Gasteiger partial charge in [-0.3, -0.25) is 4.98 Å². The van der Waals surface area contributed by atoms with E-state index in [4.69, 9.17) is 5.73 Å². The average Bonchev–Trinajstić information content (AvgIpc) is 2.53. The Bertz CT molecular complexity index is 322. The zero-order chi connectivity index (χ0) is 9.26. The minimum atomic E-state index is -0.259. The maximum Gasteiger partial charge on any atom is 0.342 e. The van der Waals surface area contributed by atoms with E-state index in [1.54, 1.807) is 0 Å². The summed E-state index contributed by atoms with van der Waals surface area (Å²) in [6.45, 7) is 1.73. The highest BCUT2D eigenvalue weighted by Crippen LogP contribution is 2.12. The summed E-state index contributed by atoms with van der Waals surface area (Å²) in [4.78, 5) is 15.4. The molecule has 0 radical (unpaired) electrons. The maximum absolute atomic E-state index is 10.8. The number of rotatable bonds is 1. The van der Waals surface area contributed by atoms with Crippen molar-refractivity contribution in [2.75, 3.05) is 18.0 Å². The predicted molar refractivity (Wildman–Crippen MR) is 48.6 cm³/mol. The van der Waals surface area contributed by atoms with E-state index < -0.39 is 0 Å². The summed E-state index contributed by atoms with van der Waals surface area (Å²) in [6.07, 6.45) is 1.91. The van der Waals surface area contributed by atoms with Gasteiger partial charge in [-0.25, -0.2) is 9.89 Å². The van der Waals surface area contributed by atoms with Crippen molar-refractivity contribution in [3.05, 3.63) is 10.5 Å². The van der Waals surface area contributed by atoms with Crippen LogP contribution in [-0.2, 0) is 0 Å². The number of nitrogens with one attached hydrogen (secondary N) is 2. The second kappa shape index (κ2) is 3.21. The van der Waals surface area contributed by atoms with Gasteiger partial charge in [0.05, 0.1) is 0 Å². The van der Waals surface area contributed by atoms with Gasteiger partial charge in [-0.15, -0.1) is 5.10 Å². The first-order valence-electron chi connectivity index (χ1n) is 4.41. The normalized spacial score (nSPS) is 19.3. The van der Waals surface area contributed by atoms with E-state index in [0.29, 0.717) is 12.0 Å². The summed E-state index contributed by atoms with van der Waals surface area (Å²) in [6, 6.07) is 0.293. The number of hydrogen-bond donors (Lipinski definition) is 3. The van der Waals surface area contributed by atoms with E-state index in [2.05, 4.69) is 15.2 Å².